The van der Waals surface area contributed by atoms with Crippen molar-refractivity contribution in [1.82, 2.24) is 14.8 Å². The van der Waals surface area contributed by atoms with Gasteiger partial charge in [-0.1, -0.05) is 11.8 Å². The molecular weight excluding hydrogens is 316 g/mol. The molecule has 2 aromatic rings. The predicted molar refractivity (Wildman–Crippen MR) is 89.2 cm³/mol. The van der Waals surface area contributed by atoms with E-state index in [0.717, 1.165) is 5.82 Å². The van der Waals surface area contributed by atoms with Gasteiger partial charge in [-0.3, -0.25) is 4.79 Å². The number of methoxy groups -OCH3 is 2. The number of carbonyl (C=O) groups is 1. The molecule has 0 radical (unpaired) electrons. The molecule has 1 aromatic heterocycles. The number of nitrogens with zero attached hydrogens (tertiary/aromatic N) is 3. The van der Waals surface area contributed by atoms with Gasteiger partial charge in [-0.15, -0.1) is 10.2 Å². The monoisotopic (exact) mass is 336 g/mol. The number of ether oxygens (including phenoxy) is 2. The van der Waals surface area contributed by atoms with Crippen LogP contribution in [0.4, 0.5) is 5.69 Å². The standard InChI is InChI=1S/C15H20N4O3S/c1-9(23-15-18-17-10(2)19(15)3)14(20)16-12-8-11(21-4)6-7-13(12)22-5/h6-9H,1-5H3,(H,16,20). The SMILES string of the molecule is COc1ccc(OC)c(NC(=O)C(C)Sc2nnc(C)n2C)c1. The Bertz CT molecular complexity index is 702. The molecule has 1 heterocycles. The number of carbonyl (C=O) groups excluding carboxylic acids is 1. The zero-order valence-electron chi connectivity index (χ0n) is 13.8. The largest absolute Gasteiger partial charge is 0.497 e. The van der Waals surface area contributed by atoms with E-state index < -0.39 is 0 Å². The molecule has 1 atom stereocenters. The van der Waals surface area contributed by atoms with Gasteiger partial charge in [0.1, 0.15) is 17.3 Å². The fourth-order valence-corrected chi connectivity index (χ4v) is 2.71. The molecule has 7 nitrogen and oxygen atoms in total. The summed E-state index contributed by atoms with van der Waals surface area (Å²) in [6.07, 6.45) is 0. The molecule has 0 aliphatic rings. The van der Waals surface area contributed by atoms with Gasteiger partial charge in [0.25, 0.3) is 0 Å². The summed E-state index contributed by atoms with van der Waals surface area (Å²) in [6.45, 7) is 3.68. The lowest BCUT2D eigenvalue weighted by molar-refractivity contribution is -0.115. The third-order valence-electron chi connectivity index (χ3n) is 3.37. The Kier molecular flexibility index (Phi) is 5.49. The lowest BCUT2D eigenvalue weighted by Crippen LogP contribution is -2.23. The van der Waals surface area contributed by atoms with Crippen LogP contribution in [0.3, 0.4) is 0 Å². The molecule has 8 heteroatoms. The molecule has 0 aliphatic heterocycles. The third kappa shape index (κ3) is 3.95. The zero-order chi connectivity index (χ0) is 17.0. The van der Waals surface area contributed by atoms with Crippen LogP contribution in [0.2, 0.25) is 0 Å². The Balaban J connectivity index is 2.10. The van der Waals surface area contributed by atoms with Crippen molar-refractivity contribution in [3.8, 4) is 11.5 Å². The van der Waals surface area contributed by atoms with E-state index >= 15 is 0 Å². The van der Waals surface area contributed by atoms with E-state index in [2.05, 4.69) is 15.5 Å². The molecule has 0 fully saturated rings. The smallest absolute Gasteiger partial charge is 0.237 e. The first-order valence-corrected chi connectivity index (χ1v) is 7.89. The van der Waals surface area contributed by atoms with E-state index in [1.165, 1.54) is 11.8 Å². The Labute approximate surface area is 139 Å². The molecule has 1 N–H and O–H groups in total. The van der Waals surface area contributed by atoms with E-state index in [-0.39, 0.29) is 11.2 Å². The molecule has 1 amide bonds. The van der Waals surface area contributed by atoms with Crippen molar-refractivity contribution in [2.24, 2.45) is 7.05 Å². The summed E-state index contributed by atoms with van der Waals surface area (Å²) in [6, 6.07) is 5.24. The molecule has 124 valence electrons. The fraction of sp³-hybridized carbons (Fsp3) is 0.400. The molecule has 1 aromatic carbocycles. The topological polar surface area (TPSA) is 78.3 Å². The normalized spacial score (nSPS) is 11.9. The van der Waals surface area contributed by atoms with Crippen LogP contribution in [0.15, 0.2) is 23.4 Å². The minimum Gasteiger partial charge on any atom is -0.497 e. The molecule has 0 aliphatic carbocycles. The highest BCUT2D eigenvalue weighted by atomic mass is 32.2. The summed E-state index contributed by atoms with van der Waals surface area (Å²) in [7, 11) is 4.99. The van der Waals surface area contributed by atoms with Crippen molar-refractivity contribution >= 4 is 23.4 Å². The number of amides is 1. The van der Waals surface area contributed by atoms with Crippen molar-refractivity contribution in [3.63, 3.8) is 0 Å². The molecule has 0 bridgehead atoms. The molecular formula is C15H20N4O3S. The maximum Gasteiger partial charge on any atom is 0.237 e. The Morgan fingerprint density at radius 2 is 2.04 bits per heavy atom. The number of rotatable bonds is 6. The number of hydrogen-bond acceptors (Lipinski definition) is 6. The molecule has 2 rings (SSSR count). The highest BCUT2D eigenvalue weighted by molar-refractivity contribution is 8.00. The van der Waals surface area contributed by atoms with Gasteiger partial charge in [0, 0.05) is 13.1 Å². The van der Waals surface area contributed by atoms with Gasteiger partial charge in [-0.05, 0) is 26.0 Å². The van der Waals surface area contributed by atoms with Crippen LogP contribution in [0.25, 0.3) is 0 Å². The van der Waals surface area contributed by atoms with Crippen molar-refractivity contribution in [1.29, 1.82) is 0 Å². The molecule has 23 heavy (non-hydrogen) atoms. The van der Waals surface area contributed by atoms with Gasteiger partial charge in [-0.25, -0.2) is 0 Å². The van der Waals surface area contributed by atoms with E-state index in [4.69, 9.17) is 9.47 Å². The first-order valence-electron chi connectivity index (χ1n) is 7.01. The maximum absolute atomic E-state index is 12.4. The van der Waals surface area contributed by atoms with Crippen LogP contribution in [-0.2, 0) is 11.8 Å². The zero-order valence-corrected chi connectivity index (χ0v) is 14.6. The van der Waals surface area contributed by atoms with Gasteiger partial charge in [0.2, 0.25) is 5.91 Å². The van der Waals surface area contributed by atoms with E-state index in [1.54, 1.807) is 32.4 Å². The Hall–Kier alpha value is -2.22. The Morgan fingerprint density at radius 3 is 2.61 bits per heavy atom. The third-order valence-corrected chi connectivity index (χ3v) is 4.50. The fourth-order valence-electron chi connectivity index (χ4n) is 1.85. The van der Waals surface area contributed by atoms with E-state index in [9.17, 15) is 4.79 Å². The highest BCUT2D eigenvalue weighted by Gasteiger charge is 2.19. The number of thioether (sulfide) groups is 1. The van der Waals surface area contributed by atoms with Crippen molar-refractivity contribution in [3.05, 3.63) is 24.0 Å². The summed E-state index contributed by atoms with van der Waals surface area (Å²) in [4.78, 5) is 12.4. The quantitative estimate of drug-likeness (QED) is 0.815. The highest BCUT2D eigenvalue weighted by Crippen LogP contribution is 2.30. The summed E-state index contributed by atoms with van der Waals surface area (Å²) in [5, 5.41) is 11.3. The predicted octanol–water partition coefficient (Wildman–Crippen LogP) is 2.26. The number of benzene rings is 1. The van der Waals surface area contributed by atoms with Gasteiger partial charge in [0.15, 0.2) is 5.16 Å². The molecule has 0 spiro atoms. The number of anilines is 1. The van der Waals surface area contributed by atoms with Crippen LogP contribution in [0, 0.1) is 6.92 Å². The van der Waals surface area contributed by atoms with Crippen LogP contribution < -0.4 is 14.8 Å². The first kappa shape index (κ1) is 17.1. The van der Waals surface area contributed by atoms with Gasteiger partial charge >= 0.3 is 0 Å². The average molecular weight is 336 g/mol. The van der Waals surface area contributed by atoms with Crippen molar-refractivity contribution in [2.45, 2.75) is 24.3 Å². The van der Waals surface area contributed by atoms with E-state index in [1.807, 2.05) is 25.5 Å². The minimum absolute atomic E-state index is 0.151. The Morgan fingerprint density at radius 1 is 1.30 bits per heavy atom. The number of aryl methyl sites for hydroxylation is 1. The average Bonchev–Trinajstić information content (AvgIpc) is 2.86. The lowest BCUT2D eigenvalue weighted by atomic mass is 10.2. The van der Waals surface area contributed by atoms with Gasteiger partial charge < -0.3 is 19.4 Å². The molecule has 0 saturated carbocycles. The van der Waals surface area contributed by atoms with Crippen LogP contribution >= 0.6 is 11.8 Å². The lowest BCUT2D eigenvalue weighted by Gasteiger charge is -2.14. The second-order valence-corrected chi connectivity index (χ2v) is 6.21. The van der Waals surface area contributed by atoms with Crippen LogP contribution in [0.5, 0.6) is 11.5 Å². The molecule has 1 unspecified atom stereocenters. The summed E-state index contributed by atoms with van der Waals surface area (Å²) in [5.74, 6) is 1.87. The second kappa shape index (κ2) is 7.36. The van der Waals surface area contributed by atoms with Crippen molar-refractivity contribution < 1.29 is 14.3 Å². The van der Waals surface area contributed by atoms with Crippen LogP contribution in [0.1, 0.15) is 12.7 Å². The van der Waals surface area contributed by atoms with Gasteiger partial charge in [-0.2, -0.15) is 0 Å². The summed E-state index contributed by atoms with van der Waals surface area (Å²) in [5.41, 5.74) is 0.568. The number of nitrogens with one attached hydrogen (secondary N) is 1. The minimum atomic E-state index is -0.340. The maximum atomic E-state index is 12.4. The summed E-state index contributed by atoms with van der Waals surface area (Å²) >= 11 is 1.35. The molecule has 0 saturated heterocycles. The van der Waals surface area contributed by atoms with Crippen molar-refractivity contribution in [2.75, 3.05) is 19.5 Å². The number of hydrogen-bond donors (Lipinski definition) is 1. The first-order chi connectivity index (χ1) is 11.0. The van der Waals surface area contributed by atoms with Crippen LogP contribution in [-0.4, -0.2) is 40.1 Å². The van der Waals surface area contributed by atoms with E-state index in [0.29, 0.717) is 22.3 Å². The summed E-state index contributed by atoms with van der Waals surface area (Å²) < 4.78 is 12.3. The van der Waals surface area contributed by atoms with Gasteiger partial charge in [0.05, 0.1) is 25.2 Å². The second-order valence-electron chi connectivity index (χ2n) is 4.90. The number of aromatic nitrogens is 3.